The zero-order valence-corrected chi connectivity index (χ0v) is 45.6. The molecule has 0 rings (SSSR count). The molecule has 398 valence electrons. The minimum Gasteiger partial charge on any atom is -0.462 e. The minimum absolute atomic E-state index is 0.0897. The third kappa shape index (κ3) is 55.6. The van der Waals surface area contributed by atoms with Crippen molar-refractivity contribution in [1.29, 1.82) is 0 Å². The molecule has 0 amide bonds. The number of rotatable bonds is 53. The van der Waals surface area contributed by atoms with Gasteiger partial charge in [-0.05, 0) is 109 Å². The molecule has 0 saturated heterocycles. The minimum atomic E-state index is -0.792. The zero-order valence-electron chi connectivity index (χ0n) is 45.6. The van der Waals surface area contributed by atoms with Crippen LogP contribution < -0.4 is 0 Å². The van der Waals surface area contributed by atoms with Crippen molar-refractivity contribution < 1.29 is 28.6 Å². The van der Waals surface area contributed by atoms with Crippen molar-refractivity contribution >= 4 is 17.9 Å². The van der Waals surface area contributed by atoms with E-state index in [1.165, 1.54) is 135 Å². The summed E-state index contributed by atoms with van der Waals surface area (Å²) in [6.45, 7) is 6.57. The van der Waals surface area contributed by atoms with E-state index in [4.69, 9.17) is 14.2 Å². The maximum atomic E-state index is 12.9. The van der Waals surface area contributed by atoms with E-state index in [-0.39, 0.29) is 31.1 Å². The van der Waals surface area contributed by atoms with E-state index >= 15 is 0 Å². The highest BCUT2D eigenvalue weighted by Crippen LogP contribution is 2.15. The number of hydrogen-bond acceptors (Lipinski definition) is 6. The second kappa shape index (κ2) is 57.4. The number of ether oxygens (including phenoxy) is 3. The van der Waals surface area contributed by atoms with Crippen molar-refractivity contribution in [2.45, 2.75) is 297 Å². The van der Waals surface area contributed by atoms with E-state index in [1.807, 2.05) is 0 Å². The highest BCUT2D eigenvalue weighted by atomic mass is 16.6. The van der Waals surface area contributed by atoms with E-state index < -0.39 is 6.10 Å². The number of carbonyl (C=O) groups is 3. The fourth-order valence-electron chi connectivity index (χ4n) is 8.17. The number of esters is 3. The molecule has 0 heterocycles. The summed E-state index contributed by atoms with van der Waals surface area (Å²) in [5.41, 5.74) is 0. The molecule has 0 aliphatic rings. The smallest absolute Gasteiger partial charge is 0.306 e. The van der Waals surface area contributed by atoms with Gasteiger partial charge in [0.2, 0.25) is 0 Å². The lowest BCUT2D eigenvalue weighted by Crippen LogP contribution is -2.30. The summed E-state index contributed by atoms with van der Waals surface area (Å²) in [4.78, 5) is 38.2. The molecule has 1 unspecified atom stereocenters. The molecule has 0 aliphatic heterocycles. The van der Waals surface area contributed by atoms with Crippen molar-refractivity contribution in [2.75, 3.05) is 13.2 Å². The van der Waals surface area contributed by atoms with Gasteiger partial charge in [-0.2, -0.15) is 0 Å². The zero-order chi connectivity index (χ0) is 50.0. The summed E-state index contributed by atoms with van der Waals surface area (Å²) in [5.74, 6) is -0.915. The van der Waals surface area contributed by atoms with Crippen LogP contribution in [-0.4, -0.2) is 37.2 Å². The maximum absolute atomic E-state index is 12.9. The van der Waals surface area contributed by atoms with Gasteiger partial charge in [0, 0.05) is 19.3 Å². The molecule has 0 spiro atoms. The van der Waals surface area contributed by atoms with Crippen LogP contribution in [0.5, 0.6) is 0 Å². The largest absolute Gasteiger partial charge is 0.462 e. The van der Waals surface area contributed by atoms with Gasteiger partial charge in [-0.3, -0.25) is 14.4 Å². The lowest BCUT2D eigenvalue weighted by molar-refractivity contribution is -0.167. The van der Waals surface area contributed by atoms with Gasteiger partial charge in [0.1, 0.15) is 13.2 Å². The van der Waals surface area contributed by atoms with Crippen LogP contribution in [0.25, 0.3) is 0 Å². The lowest BCUT2D eigenvalue weighted by Gasteiger charge is -2.18. The summed E-state index contributed by atoms with van der Waals surface area (Å²) in [6.07, 6.45) is 73.2. The fourth-order valence-corrected chi connectivity index (χ4v) is 8.17. The molecule has 0 aromatic rings. The number of unbranched alkanes of at least 4 members (excludes halogenated alkanes) is 30. The van der Waals surface area contributed by atoms with Crippen LogP contribution in [0.4, 0.5) is 0 Å². The molecule has 1 atom stereocenters. The SMILES string of the molecule is CCCC/C=C\C/C=C\CCCCCCCC(=O)OCC(COC(=O)CCCCCCCC/C=C\C/C=C\C/C=C\CCCCCCC)OC(=O)CCCCCCC/C=C\CCCCCCCCC. The summed E-state index contributed by atoms with van der Waals surface area (Å²) in [7, 11) is 0. The average Bonchev–Trinajstić information content (AvgIpc) is 3.35. The van der Waals surface area contributed by atoms with Crippen LogP contribution >= 0.6 is 0 Å². The Morgan fingerprint density at radius 2 is 0.536 bits per heavy atom. The quantitative estimate of drug-likeness (QED) is 0.0262. The monoisotopic (exact) mass is 963 g/mol. The molecule has 6 heteroatoms. The van der Waals surface area contributed by atoms with Gasteiger partial charge in [0.15, 0.2) is 6.10 Å². The average molecular weight is 964 g/mol. The van der Waals surface area contributed by atoms with Gasteiger partial charge >= 0.3 is 17.9 Å². The second-order valence-electron chi connectivity index (χ2n) is 19.5. The Morgan fingerprint density at radius 3 is 0.870 bits per heavy atom. The van der Waals surface area contributed by atoms with Gasteiger partial charge in [-0.25, -0.2) is 0 Å². The third-order valence-electron chi connectivity index (χ3n) is 12.7. The molecule has 0 fully saturated rings. The molecule has 0 aliphatic carbocycles. The molecular formula is C63H110O6. The third-order valence-corrected chi connectivity index (χ3v) is 12.7. The van der Waals surface area contributed by atoms with Crippen LogP contribution in [0.15, 0.2) is 72.9 Å². The van der Waals surface area contributed by atoms with Crippen LogP contribution in [0.2, 0.25) is 0 Å². The predicted molar refractivity (Wildman–Crippen MR) is 298 cm³/mol. The summed E-state index contributed by atoms with van der Waals surface area (Å²) in [6, 6.07) is 0. The number of allylic oxidation sites excluding steroid dienone is 12. The van der Waals surface area contributed by atoms with Crippen molar-refractivity contribution in [2.24, 2.45) is 0 Å². The predicted octanol–water partition coefficient (Wildman–Crippen LogP) is 19.8. The standard InChI is InChI=1S/C63H110O6/c1-4-7-10-13-16-19-22-25-28-30-31-32-33-34-36-38-41-44-47-50-53-56-62(65)68-59-60(58-67-61(64)55-52-49-46-43-40-37-27-24-21-18-15-12-9-6-3)69-63(66)57-54-51-48-45-42-39-35-29-26-23-20-17-14-11-8-5-2/h15,18,22,24-25,27,29-31,33-35,60H,4-14,16-17,19-21,23,26,28,32,36-59H2,1-3H3/b18-15-,25-22-,27-24-,31-30-,34-33-,35-29-. The van der Waals surface area contributed by atoms with Gasteiger partial charge in [-0.15, -0.1) is 0 Å². The Kier molecular flexibility index (Phi) is 54.8. The highest BCUT2D eigenvalue weighted by Gasteiger charge is 2.19. The molecule has 69 heavy (non-hydrogen) atoms. The first-order chi connectivity index (χ1) is 34.0. The maximum Gasteiger partial charge on any atom is 0.306 e. The highest BCUT2D eigenvalue weighted by molar-refractivity contribution is 5.71. The normalized spacial score (nSPS) is 12.6. The topological polar surface area (TPSA) is 78.9 Å². The second-order valence-corrected chi connectivity index (χ2v) is 19.5. The molecule has 0 N–H and O–H groups in total. The van der Waals surface area contributed by atoms with Gasteiger partial charge in [0.05, 0.1) is 0 Å². The summed E-state index contributed by atoms with van der Waals surface area (Å²) >= 11 is 0. The molecule has 6 nitrogen and oxygen atoms in total. The van der Waals surface area contributed by atoms with Crippen LogP contribution in [0.1, 0.15) is 290 Å². The lowest BCUT2D eigenvalue weighted by atomic mass is 10.1. The Labute approximate surface area is 427 Å². The molecule has 0 aromatic heterocycles. The van der Waals surface area contributed by atoms with Crippen LogP contribution in [0.3, 0.4) is 0 Å². The Hall–Kier alpha value is -3.15. The van der Waals surface area contributed by atoms with Crippen LogP contribution in [0, 0.1) is 0 Å². The van der Waals surface area contributed by atoms with Gasteiger partial charge < -0.3 is 14.2 Å². The molecule has 0 bridgehead atoms. The van der Waals surface area contributed by atoms with Gasteiger partial charge in [0.25, 0.3) is 0 Å². The van der Waals surface area contributed by atoms with E-state index in [9.17, 15) is 14.4 Å². The van der Waals surface area contributed by atoms with E-state index in [2.05, 4.69) is 93.7 Å². The van der Waals surface area contributed by atoms with Gasteiger partial charge in [-0.1, -0.05) is 235 Å². The molecule has 0 aromatic carbocycles. The number of carbonyl (C=O) groups excluding carboxylic acids is 3. The molecule has 0 saturated carbocycles. The van der Waals surface area contributed by atoms with Crippen molar-refractivity contribution in [3.05, 3.63) is 72.9 Å². The molecule has 0 radical (unpaired) electrons. The molecular weight excluding hydrogens is 853 g/mol. The Morgan fingerprint density at radius 1 is 0.290 bits per heavy atom. The van der Waals surface area contributed by atoms with Crippen LogP contribution in [-0.2, 0) is 28.6 Å². The van der Waals surface area contributed by atoms with E-state index in [1.54, 1.807) is 0 Å². The summed E-state index contributed by atoms with van der Waals surface area (Å²) < 4.78 is 16.9. The first-order valence-corrected chi connectivity index (χ1v) is 29.4. The Bertz CT molecular complexity index is 1290. The number of hydrogen-bond donors (Lipinski definition) is 0. The van der Waals surface area contributed by atoms with Crippen molar-refractivity contribution in [3.8, 4) is 0 Å². The van der Waals surface area contributed by atoms with Crippen molar-refractivity contribution in [1.82, 2.24) is 0 Å². The summed E-state index contributed by atoms with van der Waals surface area (Å²) in [5, 5.41) is 0. The van der Waals surface area contributed by atoms with E-state index in [0.717, 1.165) is 116 Å². The fraction of sp³-hybridized carbons (Fsp3) is 0.762. The first kappa shape index (κ1) is 65.8. The van der Waals surface area contributed by atoms with E-state index in [0.29, 0.717) is 19.3 Å². The first-order valence-electron chi connectivity index (χ1n) is 29.4. The van der Waals surface area contributed by atoms with Crippen molar-refractivity contribution in [3.63, 3.8) is 0 Å². The Balaban J connectivity index is 4.41.